The van der Waals surface area contributed by atoms with Gasteiger partial charge in [-0.05, 0) is 17.8 Å². The lowest BCUT2D eigenvalue weighted by Gasteiger charge is -2.01. The van der Waals surface area contributed by atoms with Gasteiger partial charge in [0.2, 0.25) is 0 Å². The van der Waals surface area contributed by atoms with E-state index in [2.05, 4.69) is 20.3 Å². The van der Waals surface area contributed by atoms with Gasteiger partial charge in [0.1, 0.15) is 0 Å². The number of halogens is 2. The minimum Gasteiger partial charge on any atom is -0.466 e. The zero-order chi connectivity index (χ0) is 18.6. The fourth-order valence-corrected chi connectivity index (χ4v) is 2.73. The molecule has 9 nitrogen and oxygen atoms in total. The Morgan fingerprint density at radius 2 is 2.16 bits per heavy atom. The van der Waals surface area contributed by atoms with Gasteiger partial charge in [0.25, 0.3) is 11.6 Å². The molecule has 1 saturated heterocycles. The molecule has 1 amide bonds. The van der Waals surface area contributed by atoms with Crippen molar-refractivity contribution in [2.24, 2.45) is 10.2 Å². The van der Waals surface area contributed by atoms with E-state index in [0.29, 0.717) is 0 Å². The topological polar surface area (TPSA) is 123 Å². The van der Waals surface area contributed by atoms with Gasteiger partial charge in [-0.25, -0.2) is 4.79 Å². The minimum absolute atomic E-state index is 0.0248. The van der Waals surface area contributed by atoms with E-state index in [4.69, 9.17) is 23.2 Å². The van der Waals surface area contributed by atoms with Crippen LogP contribution < -0.4 is 5.32 Å². The molecule has 0 radical (unpaired) electrons. The summed E-state index contributed by atoms with van der Waals surface area (Å²) >= 11 is 12.6. The monoisotopic (exact) mass is 402 g/mol. The molecular formula is C13H8Cl2N4O5S. The average Bonchev–Trinajstić information content (AvgIpc) is 2.90. The predicted molar refractivity (Wildman–Crippen MR) is 94.0 cm³/mol. The number of carbonyl (C=O) groups is 2. The zero-order valence-electron chi connectivity index (χ0n) is 12.4. The molecule has 25 heavy (non-hydrogen) atoms. The molecule has 0 spiro atoms. The molecule has 0 unspecified atom stereocenters. The van der Waals surface area contributed by atoms with Crippen LogP contribution in [0.5, 0.6) is 0 Å². The number of carbonyl (C=O) groups excluding carboxylic acids is 2. The second kappa shape index (κ2) is 8.10. The van der Waals surface area contributed by atoms with Gasteiger partial charge in [0, 0.05) is 12.1 Å². The first kappa shape index (κ1) is 18.9. The zero-order valence-corrected chi connectivity index (χ0v) is 14.7. The number of hydrogen-bond donors (Lipinski definition) is 1. The van der Waals surface area contributed by atoms with Crippen LogP contribution in [0.15, 0.2) is 33.3 Å². The van der Waals surface area contributed by atoms with Gasteiger partial charge >= 0.3 is 5.97 Å². The van der Waals surface area contributed by atoms with E-state index in [9.17, 15) is 19.7 Å². The van der Waals surface area contributed by atoms with Crippen molar-refractivity contribution in [3.63, 3.8) is 0 Å². The maximum absolute atomic E-state index is 11.6. The highest BCUT2D eigenvalue weighted by Gasteiger charge is 2.25. The molecule has 0 aromatic heterocycles. The van der Waals surface area contributed by atoms with Crippen LogP contribution in [0.4, 0.5) is 5.69 Å². The molecule has 0 saturated carbocycles. The van der Waals surface area contributed by atoms with Crippen LogP contribution in [-0.4, -0.2) is 35.3 Å². The van der Waals surface area contributed by atoms with E-state index in [1.807, 2.05) is 0 Å². The quantitative estimate of drug-likeness (QED) is 0.271. The van der Waals surface area contributed by atoms with Crippen LogP contribution in [-0.2, 0) is 14.3 Å². The SMILES string of the molecule is COC(=O)/C=C1/S/C(=N\N=Cc2c([N+](=O)[O-])ccc(Cl)c2Cl)NC1=O. The highest BCUT2D eigenvalue weighted by molar-refractivity contribution is 8.18. The van der Waals surface area contributed by atoms with E-state index in [0.717, 1.165) is 24.1 Å². The number of thioether (sulfide) groups is 1. The lowest BCUT2D eigenvalue weighted by molar-refractivity contribution is -0.385. The summed E-state index contributed by atoms with van der Waals surface area (Å²) in [5.74, 6) is -1.24. The van der Waals surface area contributed by atoms with Gasteiger partial charge in [-0.2, -0.15) is 5.10 Å². The van der Waals surface area contributed by atoms with Crippen molar-refractivity contribution in [2.75, 3.05) is 7.11 Å². The summed E-state index contributed by atoms with van der Waals surface area (Å²) in [4.78, 5) is 33.2. The second-order valence-corrected chi connectivity index (χ2v) is 6.10. The molecule has 1 fully saturated rings. The molecule has 1 aromatic carbocycles. The Hall–Kier alpha value is -2.43. The van der Waals surface area contributed by atoms with Gasteiger partial charge in [0.05, 0.1) is 38.8 Å². The van der Waals surface area contributed by atoms with Crippen LogP contribution in [0, 0.1) is 10.1 Å². The van der Waals surface area contributed by atoms with E-state index < -0.39 is 16.8 Å². The Bertz CT molecular complexity index is 853. The van der Waals surface area contributed by atoms with Crippen molar-refractivity contribution in [3.8, 4) is 0 Å². The molecular weight excluding hydrogens is 395 g/mol. The summed E-state index contributed by atoms with van der Waals surface area (Å²) in [6.45, 7) is 0. The standard InChI is InChI=1S/C13H8Cl2N4O5S/c1-24-10(20)4-9-12(21)17-13(25-9)18-16-5-6-8(19(22)23)3-2-7(14)11(6)15/h2-5H,1H3,(H,17,18,21)/b9-4+,16-5?. The molecule has 0 bridgehead atoms. The number of amidine groups is 1. The van der Waals surface area contributed by atoms with E-state index in [-0.39, 0.29) is 31.4 Å². The average molecular weight is 403 g/mol. The number of benzene rings is 1. The highest BCUT2D eigenvalue weighted by atomic mass is 35.5. The first-order chi connectivity index (χ1) is 11.8. The number of ether oxygens (including phenoxy) is 1. The molecule has 0 aliphatic carbocycles. The molecule has 1 heterocycles. The number of nitrogens with zero attached hydrogens (tertiary/aromatic N) is 3. The molecule has 130 valence electrons. The molecule has 1 N–H and O–H groups in total. The van der Waals surface area contributed by atoms with Crippen molar-refractivity contribution < 1.29 is 19.2 Å². The third-order valence-electron chi connectivity index (χ3n) is 2.74. The molecule has 0 atom stereocenters. The summed E-state index contributed by atoms with van der Waals surface area (Å²) in [5, 5.41) is 20.9. The van der Waals surface area contributed by atoms with Gasteiger partial charge in [0.15, 0.2) is 5.17 Å². The highest BCUT2D eigenvalue weighted by Crippen LogP contribution is 2.31. The Morgan fingerprint density at radius 3 is 2.80 bits per heavy atom. The summed E-state index contributed by atoms with van der Waals surface area (Å²) in [5.41, 5.74) is -0.323. The van der Waals surface area contributed by atoms with Gasteiger partial charge in [-0.15, -0.1) is 5.10 Å². The number of amides is 1. The first-order valence-corrected chi connectivity index (χ1v) is 7.93. The third kappa shape index (κ3) is 4.56. The van der Waals surface area contributed by atoms with Crippen LogP contribution in [0.25, 0.3) is 0 Å². The Morgan fingerprint density at radius 1 is 1.44 bits per heavy atom. The third-order valence-corrected chi connectivity index (χ3v) is 4.46. The van der Waals surface area contributed by atoms with Crippen molar-refractivity contribution in [1.82, 2.24) is 5.32 Å². The smallest absolute Gasteiger partial charge is 0.331 e. The minimum atomic E-state index is -0.691. The molecule has 1 aliphatic heterocycles. The van der Waals surface area contributed by atoms with Crippen LogP contribution in [0.2, 0.25) is 10.0 Å². The fraction of sp³-hybridized carbons (Fsp3) is 0.0769. The Balaban J connectivity index is 2.25. The molecule has 12 heteroatoms. The number of nitro benzene ring substituents is 1. The Kier molecular flexibility index (Phi) is 6.12. The van der Waals surface area contributed by atoms with Crippen molar-refractivity contribution >= 4 is 63.9 Å². The van der Waals surface area contributed by atoms with Gasteiger partial charge in [-0.1, -0.05) is 23.2 Å². The lowest BCUT2D eigenvalue weighted by Crippen LogP contribution is -2.19. The number of nitrogens with one attached hydrogen (secondary N) is 1. The van der Waals surface area contributed by atoms with Crippen LogP contribution in [0.1, 0.15) is 5.56 Å². The fourth-order valence-electron chi connectivity index (χ4n) is 1.62. The van der Waals surface area contributed by atoms with E-state index in [1.165, 1.54) is 19.2 Å². The van der Waals surface area contributed by atoms with E-state index in [1.54, 1.807) is 0 Å². The number of nitro groups is 1. The summed E-state index contributed by atoms with van der Waals surface area (Å²) < 4.78 is 4.43. The molecule has 2 rings (SSSR count). The first-order valence-electron chi connectivity index (χ1n) is 6.35. The second-order valence-electron chi connectivity index (χ2n) is 4.29. The number of hydrogen-bond acceptors (Lipinski definition) is 8. The van der Waals surface area contributed by atoms with Gasteiger partial charge in [-0.3, -0.25) is 20.2 Å². The summed E-state index contributed by atoms with van der Waals surface area (Å²) in [6.07, 6.45) is 2.05. The predicted octanol–water partition coefficient (Wildman–Crippen LogP) is 2.51. The normalized spacial score (nSPS) is 17.3. The molecule has 1 aliphatic rings. The lowest BCUT2D eigenvalue weighted by atomic mass is 10.2. The van der Waals surface area contributed by atoms with Gasteiger partial charge < -0.3 is 4.74 Å². The van der Waals surface area contributed by atoms with Crippen molar-refractivity contribution in [3.05, 3.63) is 48.8 Å². The largest absolute Gasteiger partial charge is 0.466 e. The summed E-state index contributed by atoms with van der Waals surface area (Å²) in [7, 11) is 1.18. The molecule has 1 aromatic rings. The van der Waals surface area contributed by atoms with Crippen LogP contribution in [0.3, 0.4) is 0 Å². The van der Waals surface area contributed by atoms with Crippen molar-refractivity contribution in [1.29, 1.82) is 0 Å². The number of methoxy groups -OCH3 is 1. The van der Waals surface area contributed by atoms with Crippen molar-refractivity contribution in [2.45, 2.75) is 0 Å². The van der Waals surface area contributed by atoms with Crippen LogP contribution >= 0.6 is 35.0 Å². The number of esters is 1. The number of rotatable bonds is 4. The maximum atomic E-state index is 11.6. The Labute approximate surface area is 154 Å². The van der Waals surface area contributed by atoms with E-state index >= 15 is 0 Å². The maximum Gasteiger partial charge on any atom is 0.331 e. The summed E-state index contributed by atoms with van der Waals surface area (Å²) in [6, 6.07) is 2.48.